The summed E-state index contributed by atoms with van der Waals surface area (Å²) in [7, 11) is -3.73. The lowest BCUT2D eigenvalue weighted by molar-refractivity contribution is -0.117. The molecular weight excluding hydrogens is 256 g/mol. The summed E-state index contributed by atoms with van der Waals surface area (Å²) in [5.41, 5.74) is 5.20. The van der Waals surface area contributed by atoms with Crippen LogP contribution < -0.4 is 10.5 Å². The number of amides is 1. The fourth-order valence-electron chi connectivity index (χ4n) is 1.26. The molecule has 0 saturated heterocycles. The van der Waals surface area contributed by atoms with Crippen LogP contribution in [0.3, 0.4) is 0 Å². The van der Waals surface area contributed by atoms with Gasteiger partial charge in [0.25, 0.3) is 0 Å². The van der Waals surface area contributed by atoms with Crippen LogP contribution in [-0.2, 0) is 14.8 Å². The predicted octanol–water partition coefficient (Wildman–Crippen LogP) is -0.336. The maximum absolute atomic E-state index is 11.6. The summed E-state index contributed by atoms with van der Waals surface area (Å²) in [4.78, 5) is 22.1. The Morgan fingerprint density at radius 3 is 2.33 bits per heavy atom. The first-order valence-corrected chi connectivity index (χ1v) is 6.90. The number of hydrogen-bond donors (Lipinski definition) is 2. The molecule has 0 spiro atoms. The van der Waals surface area contributed by atoms with Gasteiger partial charge < -0.3 is 5.73 Å². The van der Waals surface area contributed by atoms with E-state index in [4.69, 9.17) is 5.73 Å². The van der Waals surface area contributed by atoms with Crippen molar-refractivity contribution in [1.29, 1.82) is 0 Å². The molecule has 1 aromatic rings. The second-order valence-electron chi connectivity index (χ2n) is 3.66. The molecule has 1 rings (SSSR count). The van der Waals surface area contributed by atoms with Crippen LogP contribution in [0, 0.1) is 0 Å². The third kappa shape index (κ3) is 5.07. The number of carbonyl (C=O) groups is 2. The number of nitrogens with two attached hydrogens (primary N) is 1. The molecule has 0 aromatic heterocycles. The second kappa shape index (κ2) is 6.27. The highest BCUT2D eigenvalue weighted by atomic mass is 32.2. The molecule has 3 N–H and O–H groups in total. The van der Waals surface area contributed by atoms with E-state index in [0.29, 0.717) is 5.56 Å². The first-order valence-electron chi connectivity index (χ1n) is 5.24. The van der Waals surface area contributed by atoms with E-state index in [1.807, 2.05) is 0 Å². The molecule has 0 radical (unpaired) electrons. The fourth-order valence-corrected chi connectivity index (χ4v) is 2.29. The van der Waals surface area contributed by atoms with Crippen LogP contribution in [0.4, 0.5) is 0 Å². The molecule has 6 nitrogen and oxygen atoms in total. The van der Waals surface area contributed by atoms with Gasteiger partial charge in [0, 0.05) is 18.5 Å². The van der Waals surface area contributed by atoms with Crippen molar-refractivity contribution < 1.29 is 18.0 Å². The SMILES string of the molecule is NC(=O)CCNS(=O)(=O)CC(=O)c1ccccc1. The predicted molar refractivity (Wildman–Crippen MR) is 66.4 cm³/mol. The van der Waals surface area contributed by atoms with Crippen LogP contribution in [0.5, 0.6) is 0 Å². The average Bonchev–Trinajstić information content (AvgIpc) is 2.28. The fraction of sp³-hybridized carbons (Fsp3) is 0.273. The number of hydrogen-bond acceptors (Lipinski definition) is 4. The highest BCUT2D eigenvalue weighted by Gasteiger charge is 2.17. The molecule has 0 heterocycles. The van der Waals surface area contributed by atoms with Crippen molar-refractivity contribution in [3.05, 3.63) is 35.9 Å². The number of ketones is 1. The maximum Gasteiger partial charge on any atom is 0.219 e. The number of nitrogens with one attached hydrogen (secondary N) is 1. The summed E-state index contributed by atoms with van der Waals surface area (Å²) in [5, 5.41) is 0. The summed E-state index contributed by atoms with van der Waals surface area (Å²) in [6.07, 6.45) is -0.0985. The lowest BCUT2D eigenvalue weighted by Gasteiger charge is -2.05. The largest absolute Gasteiger partial charge is 0.370 e. The minimum absolute atomic E-state index is 0.0975. The summed E-state index contributed by atoms with van der Waals surface area (Å²) < 4.78 is 25.2. The molecule has 0 saturated carbocycles. The first-order chi connectivity index (χ1) is 8.41. The summed E-state index contributed by atoms with van der Waals surface area (Å²) in [6, 6.07) is 8.12. The first kappa shape index (κ1) is 14.3. The van der Waals surface area contributed by atoms with Crippen LogP contribution in [0.2, 0.25) is 0 Å². The molecule has 0 fully saturated rings. The smallest absolute Gasteiger partial charge is 0.219 e. The lowest BCUT2D eigenvalue weighted by atomic mass is 10.2. The second-order valence-corrected chi connectivity index (χ2v) is 5.47. The number of rotatable bonds is 7. The number of Topliss-reactive ketones (excluding diaryl/α,β-unsaturated/α-hetero) is 1. The van der Waals surface area contributed by atoms with Gasteiger partial charge in [-0.1, -0.05) is 30.3 Å². The van der Waals surface area contributed by atoms with Gasteiger partial charge in [-0.3, -0.25) is 9.59 Å². The van der Waals surface area contributed by atoms with E-state index in [0.717, 1.165) is 0 Å². The quantitative estimate of drug-likeness (QED) is 0.661. The monoisotopic (exact) mass is 270 g/mol. The Hall–Kier alpha value is -1.73. The van der Waals surface area contributed by atoms with Crippen LogP contribution in [-0.4, -0.2) is 32.4 Å². The van der Waals surface area contributed by atoms with E-state index >= 15 is 0 Å². The van der Waals surface area contributed by atoms with E-state index < -0.39 is 27.5 Å². The molecule has 1 aromatic carbocycles. The number of primary amides is 1. The molecule has 0 unspecified atom stereocenters. The lowest BCUT2D eigenvalue weighted by Crippen LogP contribution is -2.32. The third-order valence-corrected chi connectivity index (χ3v) is 3.40. The third-order valence-electron chi connectivity index (χ3n) is 2.11. The standard InChI is InChI=1S/C11H14N2O4S/c12-11(15)6-7-13-18(16,17)8-10(14)9-4-2-1-3-5-9/h1-5,13H,6-8H2,(H2,12,15). The molecule has 0 aliphatic carbocycles. The Bertz CT molecular complexity index is 525. The van der Waals surface area contributed by atoms with Gasteiger partial charge in [-0.05, 0) is 0 Å². The van der Waals surface area contributed by atoms with E-state index in [1.54, 1.807) is 30.3 Å². The van der Waals surface area contributed by atoms with Gasteiger partial charge in [-0.25, -0.2) is 13.1 Å². The van der Waals surface area contributed by atoms with Crippen LogP contribution in [0.15, 0.2) is 30.3 Å². The number of sulfonamides is 1. The average molecular weight is 270 g/mol. The van der Waals surface area contributed by atoms with Gasteiger partial charge >= 0.3 is 0 Å². The summed E-state index contributed by atoms with van der Waals surface area (Å²) in [5.74, 6) is -1.75. The van der Waals surface area contributed by atoms with Gasteiger partial charge in [0.1, 0.15) is 5.75 Å². The Labute approximate surface area is 105 Å². The molecule has 0 aliphatic heterocycles. The number of carbonyl (C=O) groups excluding carboxylic acids is 2. The van der Waals surface area contributed by atoms with E-state index in [9.17, 15) is 18.0 Å². The zero-order valence-corrected chi connectivity index (χ0v) is 10.4. The van der Waals surface area contributed by atoms with Gasteiger partial charge in [-0.15, -0.1) is 0 Å². The molecule has 0 bridgehead atoms. The minimum Gasteiger partial charge on any atom is -0.370 e. The van der Waals surface area contributed by atoms with Crippen molar-refractivity contribution in [3.63, 3.8) is 0 Å². The van der Waals surface area contributed by atoms with Crippen LogP contribution in [0.25, 0.3) is 0 Å². The number of benzene rings is 1. The zero-order chi connectivity index (χ0) is 13.6. The molecule has 1 amide bonds. The van der Waals surface area contributed by atoms with Gasteiger partial charge in [0.15, 0.2) is 5.78 Å². The highest BCUT2D eigenvalue weighted by Crippen LogP contribution is 2.01. The molecule has 0 atom stereocenters. The topological polar surface area (TPSA) is 106 Å². The summed E-state index contributed by atoms with van der Waals surface area (Å²) >= 11 is 0. The molecule has 98 valence electrons. The van der Waals surface area contributed by atoms with Gasteiger partial charge in [0.05, 0.1) is 0 Å². The van der Waals surface area contributed by atoms with Crippen molar-refractivity contribution in [2.45, 2.75) is 6.42 Å². The summed E-state index contributed by atoms with van der Waals surface area (Å²) in [6.45, 7) is -0.0975. The zero-order valence-electron chi connectivity index (χ0n) is 9.63. The Kier molecular flexibility index (Phi) is 4.99. The van der Waals surface area contributed by atoms with E-state index in [1.165, 1.54) is 0 Å². The molecule has 0 aliphatic rings. The van der Waals surface area contributed by atoms with Crippen molar-refractivity contribution in [2.24, 2.45) is 5.73 Å². The van der Waals surface area contributed by atoms with Crippen molar-refractivity contribution in [3.8, 4) is 0 Å². The molecular formula is C11H14N2O4S. The van der Waals surface area contributed by atoms with Crippen molar-refractivity contribution >= 4 is 21.7 Å². The van der Waals surface area contributed by atoms with Crippen LogP contribution in [0.1, 0.15) is 16.8 Å². The van der Waals surface area contributed by atoms with Gasteiger partial charge in [0.2, 0.25) is 15.9 Å². The van der Waals surface area contributed by atoms with Gasteiger partial charge in [-0.2, -0.15) is 0 Å². The molecule has 18 heavy (non-hydrogen) atoms. The van der Waals surface area contributed by atoms with Crippen molar-refractivity contribution in [2.75, 3.05) is 12.3 Å². The van der Waals surface area contributed by atoms with E-state index in [2.05, 4.69) is 4.72 Å². The Morgan fingerprint density at radius 1 is 1.17 bits per heavy atom. The highest BCUT2D eigenvalue weighted by molar-refractivity contribution is 7.90. The minimum atomic E-state index is -3.73. The van der Waals surface area contributed by atoms with Crippen molar-refractivity contribution in [1.82, 2.24) is 4.72 Å². The maximum atomic E-state index is 11.6. The molecule has 7 heteroatoms. The normalized spacial score (nSPS) is 11.1. The van der Waals surface area contributed by atoms with E-state index in [-0.39, 0.29) is 13.0 Å². The Morgan fingerprint density at radius 2 is 1.78 bits per heavy atom. The Balaban J connectivity index is 2.56. The van der Waals surface area contributed by atoms with Crippen LogP contribution >= 0.6 is 0 Å².